The summed E-state index contributed by atoms with van der Waals surface area (Å²) >= 11 is 0. The first-order chi connectivity index (χ1) is 30.0. The molecule has 0 aliphatic heterocycles. The van der Waals surface area contributed by atoms with Gasteiger partial charge in [0.1, 0.15) is 0 Å². The maximum Gasteiger partial charge on any atom is 4.00 e. The Morgan fingerprint density at radius 1 is 0.292 bits per heavy atom. The molecule has 4 unspecified atom stereocenters. The molecule has 0 bridgehead atoms. The average Bonchev–Trinajstić information content (AvgIpc) is 3.21. The van der Waals surface area contributed by atoms with Gasteiger partial charge in [-0.1, -0.05) is 0 Å². The normalized spacial score (nSPS) is 11.7. The van der Waals surface area contributed by atoms with Crippen molar-refractivity contribution in [1.82, 2.24) is 19.6 Å². The van der Waals surface area contributed by atoms with Crippen molar-refractivity contribution in [3.8, 4) is 0 Å². The standard InChI is InChI=1S/4C6H15NO3.4C3H6O3.Zr/c4*8-4-1-7(2-5-9)3-6-10;4*1-2(4)3(5)6;/h4*8-10H,1-6H2;4*2,4H,1H3,(H,5,6);/q;;;;;;;;+4/p-4. The van der Waals surface area contributed by atoms with Crippen molar-refractivity contribution < 1.29 is 148 Å². The van der Waals surface area contributed by atoms with E-state index in [4.69, 9.17) is 81.7 Å². The van der Waals surface area contributed by atoms with Crippen LogP contribution in [0.2, 0.25) is 0 Å². The van der Waals surface area contributed by atoms with Crippen LogP contribution in [-0.4, -0.2) is 307 Å². The molecule has 0 amide bonds. The second kappa shape index (κ2) is 68.5. The Hall–Kier alpha value is -2.04. The van der Waals surface area contributed by atoms with Crippen LogP contribution >= 0.6 is 0 Å². The van der Waals surface area contributed by atoms with Gasteiger partial charge in [-0.25, -0.2) is 0 Å². The van der Waals surface area contributed by atoms with Gasteiger partial charge in [-0.15, -0.1) is 0 Å². The number of nitrogens with zero attached hydrogens (tertiary/aromatic N) is 4. The van der Waals surface area contributed by atoms with Gasteiger partial charge in [0.05, 0.1) is 128 Å². The third kappa shape index (κ3) is 89.2. The first kappa shape index (κ1) is 83.0. The van der Waals surface area contributed by atoms with E-state index in [1.54, 1.807) is 19.6 Å². The summed E-state index contributed by atoms with van der Waals surface area (Å²) in [4.78, 5) is 44.5. The summed E-state index contributed by atoms with van der Waals surface area (Å²) in [5, 5.41) is 171. The summed E-state index contributed by atoms with van der Waals surface area (Å²) < 4.78 is 0. The van der Waals surface area contributed by atoms with E-state index in [9.17, 15) is 39.6 Å². The van der Waals surface area contributed by atoms with Crippen molar-refractivity contribution in [3.63, 3.8) is 0 Å². The zero-order valence-corrected chi connectivity index (χ0v) is 40.4. The van der Waals surface area contributed by atoms with Gasteiger partial charge in [-0.05, 0) is 27.7 Å². The molecule has 0 aliphatic carbocycles. The zero-order valence-electron chi connectivity index (χ0n) is 38.0. The molecule has 0 spiro atoms. The minimum atomic E-state index is -1.44. The SMILES string of the molecule is CC(O)C(=O)[O-].CC(O)C(=O)[O-].CC(O)C(=O)[O-].CC(O)C(=O)[O-].OCCN(CCO)CCO.OCCN(CCO)CCO.OCCN(CCO)CCO.OCCN(CCO)CCO.[Zr+4]. The molecular weight excluding hydrogens is 964 g/mol. The summed E-state index contributed by atoms with van der Waals surface area (Å²) in [6, 6.07) is 0. The molecule has 0 saturated heterocycles. The van der Waals surface area contributed by atoms with Crippen molar-refractivity contribution in [2.45, 2.75) is 52.1 Å². The van der Waals surface area contributed by atoms with Crippen LogP contribution in [0.25, 0.3) is 0 Å². The van der Waals surface area contributed by atoms with Crippen LogP contribution in [0, 0.1) is 0 Å². The Morgan fingerprint density at radius 2 is 0.354 bits per heavy atom. The minimum absolute atomic E-state index is 0. The summed E-state index contributed by atoms with van der Waals surface area (Å²) in [6.07, 6.45) is -5.37. The van der Waals surface area contributed by atoms with E-state index < -0.39 is 48.3 Å². The first-order valence-corrected chi connectivity index (χ1v) is 19.7. The fraction of sp³-hybridized carbons (Fsp3) is 0.889. The average molecular weight is 1040 g/mol. The number of carbonyl (C=O) groups excluding carboxylic acids is 4. The van der Waals surface area contributed by atoms with E-state index >= 15 is 0 Å². The van der Waals surface area contributed by atoms with Crippen molar-refractivity contribution >= 4 is 23.9 Å². The number of aliphatic hydroxyl groups is 16. The predicted molar refractivity (Wildman–Crippen MR) is 218 cm³/mol. The van der Waals surface area contributed by atoms with Gasteiger partial charge in [0.15, 0.2) is 0 Å². The molecule has 0 aromatic heterocycles. The van der Waals surface area contributed by atoms with Crippen molar-refractivity contribution in [2.75, 3.05) is 158 Å². The minimum Gasteiger partial charge on any atom is -0.547 e. The quantitative estimate of drug-likeness (QED) is 0.0346. The van der Waals surface area contributed by atoms with Crippen LogP contribution in [0.4, 0.5) is 0 Å². The molecule has 392 valence electrons. The molecular formula is C36H80N4O24Zr. The molecule has 0 fully saturated rings. The van der Waals surface area contributed by atoms with Gasteiger partial charge < -0.3 is 121 Å². The van der Waals surface area contributed by atoms with Gasteiger partial charge in [-0.2, -0.15) is 0 Å². The number of hydrogen-bond acceptors (Lipinski definition) is 28. The van der Waals surface area contributed by atoms with Crippen LogP contribution in [-0.2, 0) is 45.4 Å². The summed E-state index contributed by atoms with van der Waals surface area (Å²) in [6.45, 7) is 11.6. The molecule has 28 nitrogen and oxygen atoms in total. The molecule has 0 rings (SSSR count). The monoisotopic (exact) mass is 1040 g/mol. The molecule has 0 saturated carbocycles. The van der Waals surface area contributed by atoms with E-state index in [1.165, 1.54) is 0 Å². The van der Waals surface area contributed by atoms with Crippen LogP contribution in [0.1, 0.15) is 27.7 Å². The zero-order chi connectivity index (χ0) is 51.9. The fourth-order valence-electron chi connectivity index (χ4n) is 3.04. The van der Waals surface area contributed by atoms with Crippen molar-refractivity contribution in [2.24, 2.45) is 0 Å². The van der Waals surface area contributed by atoms with Gasteiger partial charge in [0.2, 0.25) is 0 Å². The molecule has 0 heterocycles. The van der Waals surface area contributed by atoms with E-state index in [2.05, 4.69) is 0 Å². The summed E-state index contributed by atoms with van der Waals surface area (Å²) in [5.74, 6) is -5.74. The molecule has 0 radical (unpaired) electrons. The van der Waals surface area contributed by atoms with Gasteiger partial charge in [0.25, 0.3) is 0 Å². The van der Waals surface area contributed by atoms with Gasteiger partial charge in [-0.3, -0.25) is 19.6 Å². The second-order valence-corrected chi connectivity index (χ2v) is 12.0. The molecule has 4 atom stereocenters. The Kier molecular flexibility index (Phi) is 87.5. The fourth-order valence-corrected chi connectivity index (χ4v) is 3.04. The first-order valence-electron chi connectivity index (χ1n) is 19.7. The Morgan fingerprint density at radius 3 is 0.385 bits per heavy atom. The predicted octanol–water partition coefficient (Wildman–Crippen LogP) is -14.5. The molecule has 0 aliphatic rings. The summed E-state index contributed by atoms with van der Waals surface area (Å²) in [5.41, 5.74) is 0. The maximum atomic E-state index is 9.34. The van der Waals surface area contributed by atoms with E-state index in [0.29, 0.717) is 78.5 Å². The Bertz CT molecular complexity index is 751. The third-order valence-corrected chi connectivity index (χ3v) is 6.36. The van der Waals surface area contributed by atoms with Crippen LogP contribution in [0.15, 0.2) is 0 Å². The Labute approximate surface area is 399 Å². The van der Waals surface area contributed by atoms with E-state index in [1.807, 2.05) is 0 Å². The third-order valence-electron chi connectivity index (χ3n) is 6.36. The number of carbonyl (C=O) groups is 4. The molecule has 0 aromatic rings. The smallest absolute Gasteiger partial charge is 0.547 e. The molecule has 16 N–H and O–H groups in total. The molecule has 65 heavy (non-hydrogen) atoms. The van der Waals surface area contributed by atoms with E-state index in [0.717, 1.165) is 27.7 Å². The largest absolute Gasteiger partial charge is 4.00 e. The van der Waals surface area contributed by atoms with Crippen LogP contribution in [0.5, 0.6) is 0 Å². The second-order valence-electron chi connectivity index (χ2n) is 12.0. The van der Waals surface area contributed by atoms with Crippen molar-refractivity contribution in [3.05, 3.63) is 0 Å². The number of hydrogen-bond donors (Lipinski definition) is 16. The number of carboxylic acid groups (broad SMARTS) is 4. The topological polar surface area (TPSA) is 497 Å². The Balaban J connectivity index is -0.0000000795. The summed E-state index contributed by atoms with van der Waals surface area (Å²) in [7, 11) is 0. The molecule has 29 heteroatoms. The maximum absolute atomic E-state index is 9.34. The van der Waals surface area contributed by atoms with Gasteiger partial charge in [0, 0.05) is 78.5 Å². The van der Waals surface area contributed by atoms with Crippen molar-refractivity contribution in [1.29, 1.82) is 0 Å². The van der Waals surface area contributed by atoms with E-state index in [-0.39, 0.29) is 105 Å². The number of carboxylic acids is 4. The molecule has 0 aromatic carbocycles. The number of aliphatic carboxylic acids is 4. The van der Waals surface area contributed by atoms with Crippen LogP contribution in [0.3, 0.4) is 0 Å². The van der Waals surface area contributed by atoms with Crippen LogP contribution < -0.4 is 20.4 Å². The number of aliphatic hydroxyl groups excluding tert-OH is 16. The number of rotatable bonds is 28. The van der Waals surface area contributed by atoms with Gasteiger partial charge >= 0.3 is 26.2 Å².